The normalized spacial score (nSPS) is 21.8. The van der Waals surface area contributed by atoms with Crippen LogP contribution in [-0.4, -0.2) is 35.2 Å². The van der Waals surface area contributed by atoms with E-state index in [1.165, 1.54) is 4.90 Å². The van der Waals surface area contributed by atoms with E-state index < -0.39 is 18.0 Å². The number of rotatable bonds is 4. The first-order chi connectivity index (χ1) is 9.61. The molecular formula is C15H19NO4. The number of carboxylic acids is 1. The lowest BCUT2D eigenvalue weighted by Crippen LogP contribution is -2.30. The number of ether oxygens (including phenoxy) is 1. The lowest BCUT2D eigenvalue weighted by molar-refractivity contribution is -0.142. The molecule has 108 valence electrons. The van der Waals surface area contributed by atoms with E-state index in [2.05, 4.69) is 0 Å². The van der Waals surface area contributed by atoms with Gasteiger partial charge in [-0.1, -0.05) is 43.7 Å². The number of carboxylic acid groups (broad SMARTS) is 1. The van der Waals surface area contributed by atoms with E-state index in [0.29, 0.717) is 6.54 Å². The number of benzene rings is 1. The maximum atomic E-state index is 12.0. The summed E-state index contributed by atoms with van der Waals surface area (Å²) in [6, 6.07) is 9.42. The minimum Gasteiger partial charge on any atom is -0.481 e. The molecule has 0 radical (unpaired) electrons. The molecule has 0 bridgehead atoms. The van der Waals surface area contributed by atoms with Gasteiger partial charge in [0, 0.05) is 13.1 Å². The molecule has 1 heterocycles. The summed E-state index contributed by atoms with van der Waals surface area (Å²) in [6.07, 6.45) is 0.315. The van der Waals surface area contributed by atoms with Crippen LogP contribution in [0.15, 0.2) is 30.3 Å². The van der Waals surface area contributed by atoms with Crippen LogP contribution in [0.4, 0.5) is 4.79 Å². The second-order valence-corrected chi connectivity index (χ2v) is 5.06. The molecule has 2 rings (SSSR count). The van der Waals surface area contributed by atoms with Crippen LogP contribution in [0.25, 0.3) is 0 Å². The summed E-state index contributed by atoms with van der Waals surface area (Å²) in [5.74, 6) is -1.31. The Hall–Kier alpha value is -2.04. The number of carbonyl (C=O) groups excluding carboxylic acids is 1. The molecule has 1 aromatic carbocycles. The van der Waals surface area contributed by atoms with Gasteiger partial charge in [-0.3, -0.25) is 4.79 Å². The number of hydrogen-bond acceptors (Lipinski definition) is 3. The van der Waals surface area contributed by atoms with Gasteiger partial charge in [0.1, 0.15) is 6.61 Å². The fourth-order valence-electron chi connectivity index (χ4n) is 2.52. The molecule has 0 aromatic heterocycles. The van der Waals surface area contributed by atoms with Crippen LogP contribution in [0.1, 0.15) is 18.9 Å². The lowest BCUT2D eigenvalue weighted by Gasteiger charge is -2.15. The van der Waals surface area contributed by atoms with E-state index in [1.54, 1.807) is 0 Å². The van der Waals surface area contributed by atoms with E-state index in [9.17, 15) is 9.59 Å². The highest BCUT2D eigenvalue weighted by atomic mass is 16.6. The van der Waals surface area contributed by atoms with Gasteiger partial charge in [-0.15, -0.1) is 0 Å². The van der Waals surface area contributed by atoms with Crippen molar-refractivity contribution in [1.29, 1.82) is 0 Å². The molecule has 5 heteroatoms. The smallest absolute Gasteiger partial charge is 0.410 e. The summed E-state index contributed by atoms with van der Waals surface area (Å²) in [7, 11) is 0. The van der Waals surface area contributed by atoms with Gasteiger partial charge in [-0.05, 0) is 11.5 Å². The van der Waals surface area contributed by atoms with Crippen LogP contribution >= 0.6 is 0 Å². The monoisotopic (exact) mass is 277 g/mol. The molecule has 1 N–H and O–H groups in total. The van der Waals surface area contributed by atoms with Gasteiger partial charge >= 0.3 is 12.1 Å². The van der Waals surface area contributed by atoms with Crippen LogP contribution in [0.5, 0.6) is 0 Å². The highest BCUT2D eigenvalue weighted by Crippen LogP contribution is 2.26. The number of hydrogen-bond donors (Lipinski definition) is 1. The molecule has 0 spiro atoms. The molecule has 1 aliphatic heterocycles. The minimum atomic E-state index is -0.838. The molecule has 0 aliphatic carbocycles. The second kappa shape index (κ2) is 6.41. The van der Waals surface area contributed by atoms with E-state index in [0.717, 1.165) is 12.0 Å². The fraction of sp³-hybridized carbons (Fsp3) is 0.467. The van der Waals surface area contributed by atoms with Crippen molar-refractivity contribution in [3.8, 4) is 0 Å². The van der Waals surface area contributed by atoms with E-state index in [-0.39, 0.29) is 19.1 Å². The number of nitrogens with zero attached hydrogens (tertiary/aromatic N) is 1. The van der Waals surface area contributed by atoms with E-state index >= 15 is 0 Å². The Morgan fingerprint density at radius 3 is 2.55 bits per heavy atom. The molecule has 0 saturated carbocycles. The third kappa shape index (κ3) is 3.29. The zero-order chi connectivity index (χ0) is 14.5. The molecule has 1 amide bonds. The van der Waals surface area contributed by atoms with Gasteiger partial charge in [0.05, 0.1) is 5.92 Å². The Bertz CT molecular complexity index is 474. The Balaban J connectivity index is 1.89. The van der Waals surface area contributed by atoms with E-state index in [1.807, 2.05) is 37.3 Å². The largest absolute Gasteiger partial charge is 0.481 e. The van der Waals surface area contributed by atoms with Crippen LogP contribution < -0.4 is 0 Å². The van der Waals surface area contributed by atoms with Crippen molar-refractivity contribution in [3.63, 3.8) is 0 Å². The number of carbonyl (C=O) groups is 2. The van der Waals surface area contributed by atoms with Crippen molar-refractivity contribution in [3.05, 3.63) is 35.9 Å². The fourth-order valence-corrected chi connectivity index (χ4v) is 2.52. The Labute approximate surface area is 118 Å². The summed E-state index contributed by atoms with van der Waals surface area (Å²) in [5.41, 5.74) is 0.918. The van der Waals surface area contributed by atoms with E-state index in [4.69, 9.17) is 9.84 Å². The summed E-state index contributed by atoms with van der Waals surface area (Å²) in [4.78, 5) is 24.6. The van der Waals surface area contributed by atoms with Crippen LogP contribution in [0.2, 0.25) is 0 Å². The quantitative estimate of drug-likeness (QED) is 0.917. The first-order valence-electron chi connectivity index (χ1n) is 6.80. The van der Waals surface area contributed by atoms with Crippen molar-refractivity contribution in [2.75, 3.05) is 13.1 Å². The maximum Gasteiger partial charge on any atom is 0.410 e. The number of amides is 1. The van der Waals surface area contributed by atoms with Crippen molar-refractivity contribution >= 4 is 12.1 Å². The highest BCUT2D eigenvalue weighted by molar-refractivity contribution is 5.74. The summed E-state index contributed by atoms with van der Waals surface area (Å²) >= 11 is 0. The van der Waals surface area contributed by atoms with Crippen molar-refractivity contribution in [2.45, 2.75) is 20.0 Å². The summed E-state index contributed by atoms with van der Waals surface area (Å²) < 4.78 is 5.23. The zero-order valence-electron chi connectivity index (χ0n) is 11.5. The first kappa shape index (κ1) is 14.4. The predicted octanol–water partition coefficient (Wildman–Crippen LogP) is 2.37. The third-order valence-electron chi connectivity index (χ3n) is 3.75. The van der Waals surface area contributed by atoms with Gasteiger partial charge in [0.15, 0.2) is 0 Å². The van der Waals surface area contributed by atoms with Crippen LogP contribution in [0.3, 0.4) is 0 Å². The Morgan fingerprint density at radius 1 is 1.30 bits per heavy atom. The molecule has 5 nitrogen and oxygen atoms in total. The Kier molecular flexibility index (Phi) is 4.61. The van der Waals surface area contributed by atoms with Crippen LogP contribution in [0, 0.1) is 11.8 Å². The molecule has 1 aliphatic rings. The topological polar surface area (TPSA) is 66.8 Å². The average molecular weight is 277 g/mol. The zero-order valence-corrected chi connectivity index (χ0v) is 11.5. The highest BCUT2D eigenvalue weighted by Gasteiger charge is 2.39. The molecular weight excluding hydrogens is 258 g/mol. The van der Waals surface area contributed by atoms with Crippen molar-refractivity contribution in [2.24, 2.45) is 11.8 Å². The second-order valence-electron chi connectivity index (χ2n) is 5.06. The maximum absolute atomic E-state index is 12.0. The molecule has 1 fully saturated rings. The van der Waals surface area contributed by atoms with Gasteiger partial charge < -0.3 is 14.7 Å². The SMILES string of the molecule is CCC1CN(C(=O)OCc2ccccc2)CC1C(=O)O. The Morgan fingerprint density at radius 2 is 2.00 bits per heavy atom. The number of likely N-dealkylation sites (tertiary alicyclic amines) is 1. The summed E-state index contributed by atoms with van der Waals surface area (Å²) in [5, 5.41) is 9.14. The van der Waals surface area contributed by atoms with Crippen molar-refractivity contribution < 1.29 is 19.4 Å². The molecule has 1 aromatic rings. The van der Waals surface area contributed by atoms with Gasteiger partial charge in [-0.2, -0.15) is 0 Å². The van der Waals surface area contributed by atoms with Gasteiger partial charge in [-0.25, -0.2) is 4.79 Å². The number of aliphatic carboxylic acids is 1. The summed E-state index contributed by atoms with van der Waals surface area (Å²) in [6.45, 7) is 2.85. The standard InChI is InChI=1S/C15H19NO4/c1-2-12-8-16(9-13(12)14(17)18)15(19)20-10-11-6-4-3-5-7-11/h3-7,12-13H,2,8-10H2,1H3,(H,17,18). The molecule has 2 unspecified atom stereocenters. The molecule has 1 saturated heterocycles. The minimum absolute atomic E-state index is 0.0109. The lowest BCUT2D eigenvalue weighted by atomic mass is 9.94. The third-order valence-corrected chi connectivity index (χ3v) is 3.75. The molecule has 20 heavy (non-hydrogen) atoms. The average Bonchev–Trinajstić information content (AvgIpc) is 2.90. The van der Waals surface area contributed by atoms with Gasteiger partial charge in [0.2, 0.25) is 0 Å². The van der Waals surface area contributed by atoms with Crippen LogP contribution in [-0.2, 0) is 16.1 Å². The van der Waals surface area contributed by atoms with Gasteiger partial charge in [0.25, 0.3) is 0 Å². The predicted molar refractivity (Wildman–Crippen MR) is 73.1 cm³/mol. The van der Waals surface area contributed by atoms with Crippen molar-refractivity contribution in [1.82, 2.24) is 4.90 Å². The first-order valence-corrected chi connectivity index (χ1v) is 6.80. The molecule has 2 atom stereocenters.